The van der Waals surface area contributed by atoms with E-state index in [9.17, 15) is 4.79 Å². The molecule has 2 fully saturated rings. The zero-order valence-corrected chi connectivity index (χ0v) is 8.88. The number of hydrogen-bond acceptors (Lipinski definition) is 2. The fourth-order valence-electron chi connectivity index (χ4n) is 2.05. The Morgan fingerprint density at radius 3 is 2.64 bits per heavy atom. The Balaban J connectivity index is 1.71. The molecule has 0 aromatic heterocycles. The predicted octanol–water partition coefficient (Wildman–Crippen LogP) is 1.03. The average molecular weight is 196 g/mol. The Hall–Kier alpha value is -0.570. The molecule has 0 saturated heterocycles. The number of carbonyl (C=O) groups excluding carboxylic acids is 1. The van der Waals surface area contributed by atoms with Gasteiger partial charge >= 0.3 is 0 Å². The summed E-state index contributed by atoms with van der Waals surface area (Å²) in [7, 11) is 0. The molecule has 1 unspecified atom stereocenters. The van der Waals surface area contributed by atoms with Gasteiger partial charge in [-0.15, -0.1) is 0 Å². The molecule has 1 atom stereocenters. The third kappa shape index (κ3) is 1.92. The highest BCUT2D eigenvalue weighted by atomic mass is 16.2. The standard InChI is InChI=1S/C11H20N2O/c1-8(9-3-4-9)7-13-10(14)11(12)5-2-6-11/h8-9H,2-7,12H2,1H3,(H,13,14). The summed E-state index contributed by atoms with van der Waals surface area (Å²) in [6.45, 7) is 3.02. The summed E-state index contributed by atoms with van der Waals surface area (Å²) < 4.78 is 0. The van der Waals surface area contributed by atoms with E-state index in [1.165, 1.54) is 12.8 Å². The normalized spacial score (nSPS) is 26.4. The van der Waals surface area contributed by atoms with Crippen LogP contribution in [0.25, 0.3) is 0 Å². The van der Waals surface area contributed by atoms with E-state index in [0.717, 1.165) is 31.7 Å². The van der Waals surface area contributed by atoms with Gasteiger partial charge in [0.05, 0.1) is 5.54 Å². The van der Waals surface area contributed by atoms with Crippen LogP contribution in [0.4, 0.5) is 0 Å². The molecule has 80 valence electrons. The molecule has 2 rings (SSSR count). The van der Waals surface area contributed by atoms with Crippen molar-refractivity contribution in [3.8, 4) is 0 Å². The lowest BCUT2D eigenvalue weighted by Gasteiger charge is -2.36. The third-order valence-electron chi connectivity index (χ3n) is 3.71. The largest absolute Gasteiger partial charge is 0.354 e. The van der Waals surface area contributed by atoms with Gasteiger partial charge in [-0.25, -0.2) is 0 Å². The van der Waals surface area contributed by atoms with Crippen LogP contribution in [0.3, 0.4) is 0 Å². The maximum atomic E-state index is 11.7. The van der Waals surface area contributed by atoms with Gasteiger partial charge in [0.1, 0.15) is 0 Å². The van der Waals surface area contributed by atoms with E-state index in [-0.39, 0.29) is 5.91 Å². The van der Waals surface area contributed by atoms with Crippen LogP contribution in [0.5, 0.6) is 0 Å². The molecule has 0 bridgehead atoms. The van der Waals surface area contributed by atoms with Crippen molar-refractivity contribution < 1.29 is 4.79 Å². The van der Waals surface area contributed by atoms with Crippen molar-refractivity contribution in [2.45, 2.75) is 44.6 Å². The molecule has 0 spiro atoms. The minimum absolute atomic E-state index is 0.0660. The molecule has 2 aliphatic rings. The Kier molecular flexibility index (Phi) is 2.52. The zero-order chi connectivity index (χ0) is 10.2. The highest BCUT2D eigenvalue weighted by Gasteiger charge is 2.40. The molecule has 0 aromatic carbocycles. The second-order valence-corrected chi connectivity index (χ2v) is 5.03. The molecule has 0 radical (unpaired) electrons. The number of amides is 1. The zero-order valence-electron chi connectivity index (χ0n) is 8.88. The smallest absolute Gasteiger partial charge is 0.240 e. The van der Waals surface area contributed by atoms with Crippen molar-refractivity contribution in [2.75, 3.05) is 6.54 Å². The van der Waals surface area contributed by atoms with Crippen LogP contribution in [-0.4, -0.2) is 18.0 Å². The van der Waals surface area contributed by atoms with Gasteiger partial charge in [-0.1, -0.05) is 6.92 Å². The first kappa shape index (κ1) is 9.97. The van der Waals surface area contributed by atoms with Crippen LogP contribution in [0.1, 0.15) is 39.0 Å². The highest BCUT2D eigenvalue weighted by molar-refractivity contribution is 5.86. The summed E-state index contributed by atoms with van der Waals surface area (Å²) in [6, 6.07) is 0. The highest BCUT2D eigenvalue weighted by Crippen LogP contribution is 2.36. The minimum Gasteiger partial charge on any atom is -0.354 e. The van der Waals surface area contributed by atoms with Crippen LogP contribution >= 0.6 is 0 Å². The third-order valence-corrected chi connectivity index (χ3v) is 3.71. The van der Waals surface area contributed by atoms with Gasteiger partial charge in [-0.2, -0.15) is 0 Å². The van der Waals surface area contributed by atoms with Crippen LogP contribution < -0.4 is 11.1 Å². The van der Waals surface area contributed by atoms with Gasteiger partial charge in [0.2, 0.25) is 5.91 Å². The molecular formula is C11H20N2O. The van der Waals surface area contributed by atoms with Gasteiger partial charge in [-0.05, 0) is 43.9 Å². The first-order valence-corrected chi connectivity index (χ1v) is 5.69. The summed E-state index contributed by atoms with van der Waals surface area (Å²) in [5.41, 5.74) is 5.39. The van der Waals surface area contributed by atoms with E-state index in [1.54, 1.807) is 0 Å². The molecule has 2 aliphatic carbocycles. The maximum absolute atomic E-state index is 11.7. The fraction of sp³-hybridized carbons (Fsp3) is 0.909. The number of hydrogen-bond donors (Lipinski definition) is 2. The topological polar surface area (TPSA) is 55.1 Å². The maximum Gasteiger partial charge on any atom is 0.240 e. The summed E-state index contributed by atoms with van der Waals surface area (Å²) in [5, 5.41) is 2.98. The Morgan fingerprint density at radius 1 is 1.57 bits per heavy atom. The van der Waals surface area contributed by atoms with Gasteiger partial charge in [0.15, 0.2) is 0 Å². The quantitative estimate of drug-likeness (QED) is 0.705. The van der Waals surface area contributed by atoms with E-state index in [0.29, 0.717) is 5.92 Å². The summed E-state index contributed by atoms with van der Waals surface area (Å²) in [6.07, 6.45) is 5.49. The Morgan fingerprint density at radius 2 is 2.21 bits per heavy atom. The predicted molar refractivity (Wildman–Crippen MR) is 55.7 cm³/mol. The molecule has 2 saturated carbocycles. The number of nitrogens with two attached hydrogens (primary N) is 1. The van der Waals surface area contributed by atoms with Crippen molar-refractivity contribution in [3.05, 3.63) is 0 Å². The van der Waals surface area contributed by atoms with Crippen LogP contribution in [-0.2, 0) is 4.79 Å². The van der Waals surface area contributed by atoms with Crippen molar-refractivity contribution >= 4 is 5.91 Å². The van der Waals surface area contributed by atoms with Gasteiger partial charge in [0.25, 0.3) is 0 Å². The van der Waals surface area contributed by atoms with Crippen molar-refractivity contribution in [3.63, 3.8) is 0 Å². The average Bonchev–Trinajstić information content (AvgIpc) is 2.92. The molecule has 3 N–H and O–H groups in total. The molecule has 0 aromatic rings. The van der Waals surface area contributed by atoms with Gasteiger partial charge in [-0.3, -0.25) is 4.79 Å². The number of nitrogens with one attached hydrogen (secondary N) is 1. The van der Waals surface area contributed by atoms with Crippen molar-refractivity contribution in [1.82, 2.24) is 5.32 Å². The fourth-order valence-corrected chi connectivity index (χ4v) is 2.05. The first-order chi connectivity index (χ1) is 6.62. The number of carbonyl (C=O) groups is 1. The lowest BCUT2D eigenvalue weighted by Crippen LogP contribution is -2.59. The molecule has 14 heavy (non-hydrogen) atoms. The van der Waals surface area contributed by atoms with E-state index in [1.807, 2.05) is 0 Å². The lowest BCUT2D eigenvalue weighted by molar-refractivity contribution is -0.129. The van der Waals surface area contributed by atoms with Crippen LogP contribution in [0.2, 0.25) is 0 Å². The van der Waals surface area contributed by atoms with Crippen LogP contribution in [0, 0.1) is 11.8 Å². The molecular weight excluding hydrogens is 176 g/mol. The summed E-state index contributed by atoms with van der Waals surface area (Å²) >= 11 is 0. The van der Waals surface area contributed by atoms with Crippen LogP contribution in [0.15, 0.2) is 0 Å². The number of rotatable bonds is 4. The second kappa shape index (κ2) is 3.54. The second-order valence-electron chi connectivity index (χ2n) is 5.03. The Bertz CT molecular complexity index is 231. The van der Waals surface area contributed by atoms with Crippen molar-refractivity contribution in [1.29, 1.82) is 0 Å². The molecule has 0 aliphatic heterocycles. The van der Waals surface area contributed by atoms with E-state index in [2.05, 4.69) is 12.2 Å². The van der Waals surface area contributed by atoms with E-state index in [4.69, 9.17) is 5.73 Å². The monoisotopic (exact) mass is 196 g/mol. The summed E-state index contributed by atoms with van der Waals surface area (Å²) in [4.78, 5) is 11.7. The minimum atomic E-state index is -0.525. The SMILES string of the molecule is CC(CNC(=O)C1(N)CCC1)C1CC1. The van der Waals surface area contributed by atoms with Gasteiger partial charge < -0.3 is 11.1 Å². The van der Waals surface area contributed by atoms with Gasteiger partial charge in [0, 0.05) is 6.54 Å². The van der Waals surface area contributed by atoms with E-state index < -0.39 is 5.54 Å². The molecule has 0 heterocycles. The van der Waals surface area contributed by atoms with E-state index >= 15 is 0 Å². The molecule has 1 amide bonds. The first-order valence-electron chi connectivity index (χ1n) is 5.69. The lowest BCUT2D eigenvalue weighted by atomic mass is 9.77. The Labute approximate surface area is 85.4 Å². The summed E-state index contributed by atoms with van der Waals surface area (Å²) in [5.74, 6) is 1.55. The molecule has 3 heteroatoms. The molecule has 3 nitrogen and oxygen atoms in total. The van der Waals surface area contributed by atoms with Crippen molar-refractivity contribution in [2.24, 2.45) is 17.6 Å².